The molecule has 0 atom stereocenters. The highest BCUT2D eigenvalue weighted by Gasteiger charge is 2.37. The third-order valence-electron chi connectivity index (χ3n) is 8.11. The Morgan fingerprint density at radius 2 is 1.34 bits per heavy atom. The van der Waals surface area contributed by atoms with Crippen LogP contribution in [0.2, 0.25) is 0 Å². The molecule has 0 bridgehead atoms. The number of benzene rings is 3. The maximum atomic E-state index is 15.1. The van der Waals surface area contributed by atoms with Gasteiger partial charge in [-0.15, -0.1) is 49.6 Å². The monoisotopic (exact) mass is 646 g/mol. The summed E-state index contributed by atoms with van der Waals surface area (Å²) in [7, 11) is 2.15. The second-order valence-corrected chi connectivity index (χ2v) is 10.7. The van der Waals surface area contributed by atoms with Gasteiger partial charge in [0, 0.05) is 75.6 Å². The smallest absolute Gasteiger partial charge is 0.128 e. The minimum Gasteiger partial charge on any atom is -0.508 e. The van der Waals surface area contributed by atoms with Crippen LogP contribution in [-0.4, -0.2) is 66.1 Å². The molecule has 0 amide bonds. The highest BCUT2D eigenvalue weighted by atomic mass is 35.5. The van der Waals surface area contributed by atoms with Crippen molar-refractivity contribution in [3.63, 3.8) is 0 Å². The van der Waals surface area contributed by atoms with Crippen molar-refractivity contribution in [1.82, 2.24) is 20.0 Å². The van der Waals surface area contributed by atoms with Crippen molar-refractivity contribution in [3.05, 3.63) is 101 Å². The maximum absolute atomic E-state index is 15.1. The zero-order valence-electron chi connectivity index (χ0n) is 23.5. The van der Waals surface area contributed by atoms with Crippen LogP contribution >= 0.6 is 49.6 Å². The van der Waals surface area contributed by atoms with Gasteiger partial charge in [-0.3, -0.25) is 9.80 Å². The number of piperazine rings is 1. The molecule has 5 rings (SSSR count). The van der Waals surface area contributed by atoms with Crippen molar-refractivity contribution in [1.29, 1.82) is 0 Å². The number of likely N-dealkylation sites (N-methyl/N-ethyl adjacent to an activating group) is 1. The van der Waals surface area contributed by atoms with E-state index < -0.39 is 5.54 Å². The van der Waals surface area contributed by atoms with Gasteiger partial charge in [0.25, 0.3) is 0 Å². The normalized spacial score (nSPS) is 17.3. The zero-order valence-corrected chi connectivity index (χ0v) is 26.8. The van der Waals surface area contributed by atoms with Crippen molar-refractivity contribution >= 4 is 49.6 Å². The molecule has 0 aliphatic carbocycles. The molecule has 228 valence electrons. The Balaban J connectivity index is 0.00000210. The van der Waals surface area contributed by atoms with E-state index in [1.54, 1.807) is 18.2 Å². The minimum atomic E-state index is -0.423. The second-order valence-electron chi connectivity index (χ2n) is 10.7. The molecule has 3 aromatic carbocycles. The fraction of sp³-hybridized carbons (Fsp3) is 0.419. The molecule has 3 aromatic rings. The van der Waals surface area contributed by atoms with E-state index in [-0.39, 0.29) is 55.4 Å². The van der Waals surface area contributed by atoms with Gasteiger partial charge in [0.2, 0.25) is 0 Å². The zero-order chi connectivity index (χ0) is 25.7. The van der Waals surface area contributed by atoms with Crippen molar-refractivity contribution in [2.45, 2.75) is 38.0 Å². The van der Waals surface area contributed by atoms with E-state index in [0.717, 1.165) is 81.9 Å². The lowest BCUT2D eigenvalue weighted by atomic mass is 9.80. The van der Waals surface area contributed by atoms with E-state index in [2.05, 4.69) is 57.4 Å². The molecule has 0 saturated carbocycles. The number of phenols is 1. The van der Waals surface area contributed by atoms with Gasteiger partial charge < -0.3 is 15.3 Å². The molecule has 0 aromatic heterocycles. The summed E-state index contributed by atoms with van der Waals surface area (Å²) in [5, 5.41) is 14.3. The number of phenolic OH excluding ortho intramolecular Hbond substituents is 1. The Labute approximate surface area is 269 Å². The summed E-state index contributed by atoms with van der Waals surface area (Å²) < 4.78 is 15.1. The van der Waals surface area contributed by atoms with E-state index >= 15 is 4.39 Å². The second kappa shape index (κ2) is 17.5. The Kier molecular flexibility index (Phi) is 16.0. The number of hydrogen-bond acceptors (Lipinski definition) is 5. The molecule has 5 nitrogen and oxygen atoms in total. The summed E-state index contributed by atoms with van der Waals surface area (Å²) in [5.74, 6) is 0.202. The standard InChI is InChI=1S/C31H39FN4O.4ClH/c1-34-17-19-36(20-18-34)24-27-21-26(11-12-30(27)37)22-33-31(28-9-5-6-10-29(28)32)13-15-35(16-14-31)23-25-7-3-2-4-8-25;;;;/h2-12,21,33,37H,13-20,22-24H2,1H3;4*1H. The SMILES string of the molecule is CN1CCN(Cc2cc(CNC3(c4ccccc4F)CCN(Cc4ccccc4)CC3)ccc2O)CC1.Cl.Cl.Cl.Cl. The van der Waals surface area contributed by atoms with E-state index in [0.29, 0.717) is 12.3 Å². The highest BCUT2D eigenvalue weighted by Crippen LogP contribution is 2.35. The lowest BCUT2D eigenvalue weighted by Gasteiger charge is -2.43. The molecule has 2 aliphatic heterocycles. The Morgan fingerprint density at radius 1 is 0.732 bits per heavy atom. The third kappa shape index (κ3) is 9.70. The molecule has 2 saturated heterocycles. The number of nitrogens with zero attached hydrogens (tertiary/aromatic N) is 3. The maximum Gasteiger partial charge on any atom is 0.128 e. The van der Waals surface area contributed by atoms with Gasteiger partial charge in [-0.05, 0) is 49.2 Å². The lowest BCUT2D eigenvalue weighted by molar-refractivity contribution is 0.124. The third-order valence-corrected chi connectivity index (χ3v) is 8.11. The molecule has 0 radical (unpaired) electrons. The molecule has 2 aliphatic rings. The van der Waals surface area contributed by atoms with E-state index in [1.807, 2.05) is 24.3 Å². The van der Waals surface area contributed by atoms with Gasteiger partial charge in [-0.1, -0.05) is 54.6 Å². The minimum absolute atomic E-state index is 0. The Bertz CT molecular complexity index is 1170. The average Bonchev–Trinajstić information content (AvgIpc) is 2.92. The summed E-state index contributed by atoms with van der Waals surface area (Å²) >= 11 is 0. The average molecular weight is 649 g/mol. The van der Waals surface area contributed by atoms with Crippen LogP contribution < -0.4 is 5.32 Å². The van der Waals surface area contributed by atoms with E-state index in [1.165, 1.54) is 5.56 Å². The quantitative estimate of drug-likeness (QED) is 0.303. The van der Waals surface area contributed by atoms with Crippen molar-refractivity contribution in [2.75, 3.05) is 46.3 Å². The Morgan fingerprint density at radius 3 is 2.00 bits per heavy atom. The molecule has 2 fully saturated rings. The lowest BCUT2D eigenvalue weighted by Crippen LogP contribution is -2.51. The number of halogens is 5. The van der Waals surface area contributed by atoms with E-state index in [4.69, 9.17) is 0 Å². The number of likely N-dealkylation sites (tertiary alicyclic amines) is 1. The predicted octanol–water partition coefficient (Wildman–Crippen LogP) is 6.25. The molecule has 41 heavy (non-hydrogen) atoms. The first kappa shape index (κ1) is 37.4. The summed E-state index contributed by atoms with van der Waals surface area (Å²) in [6, 6.07) is 23.7. The predicted molar refractivity (Wildman–Crippen MR) is 176 cm³/mol. The topological polar surface area (TPSA) is 42.0 Å². The molecule has 2 N–H and O–H groups in total. The molecule has 0 unspecified atom stereocenters. The number of aromatic hydroxyl groups is 1. The van der Waals surface area contributed by atoms with Crippen molar-refractivity contribution in [2.24, 2.45) is 0 Å². The number of hydrogen-bond donors (Lipinski definition) is 2. The first-order valence-corrected chi connectivity index (χ1v) is 13.5. The van der Waals surface area contributed by atoms with Gasteiger partial charge >= 0.3 is 0 Å². The fourth-order valence-electron chi connectivity index (χ4n) is 5.72. The fourth-order valence-corrected chi connectivity index (χ4v) is 5.72. The van der Waals surface area contributed by atoms with Crippen LogP contribution in [0.1, 0.15) is 35.1 Å². The molecule has 10 heteroatoms. The molecule has 2 heterocycles. The van der Waals surface area contributed by atoms with Gasteiger partial charge in [0.1, 0.15) is 11.6 Å². The summed E-state index contributed by atoms with van der Waals surface area (Å²) in [6.07, 6.45) is 1.68. The van der Waals surface area contributed by atoms with Crippen LogP contribution in [-0.2, 0) is 25.2 Å². The van der Waals surface area contributed by atoms with Crippen LogP contribution in [0.25, 0.3) is 0 Å². The van der Waals surface area contributed by atoms with Gasteiger partial charge in [0.05, 0.1) is 0 Å². The van der Waals surface area contributed by atoms with Crippen molar-refractivity contribution < 1.29 is 9.50 Å². The van der Waals surface area contributed by atoms with Gasteiger partial charge in [0.15, 0.2) is 0 Å². The van der Waals surface area contributed by atoms with E-state index in [9.17, 15) is 5.11 Å². The van der Waals surface area contributed by atoms with Crippen LogP contribution in [0.4, 0.5) is 4.39 Å². The molecule has 0 spiro atoms. The first-order chi connectivity index (χ1) is 18.0. The highest BCUT2D eigenvalue weighted by molar-refractivity contribution is 5.86. The number of piperidine rings is 1. The summed E-state index contributed by atoms with van der Waals surface area (Å²) in [5.41, 5.74) is 3.72. The summed E-state index contributed by atoms with van der Waals surface area (Å²) in [4.78, 5) is 7.20. The van der Waals surface area contributed by atoms with Crippen LogP contribution in [0.5, 0.6) is 5.75 Å². The Hall–Kier alpha value is -1.61. The van der Waals surface area contributed by atoms with Crippen LogP contribution in [0, 0.1) is 5.82 Å². The first-order valence-electron chi connectivity index (χ1n) is 13.5. The van der Waals surface area contributed by atoms with Crippen LogP contribution in [0.15, 0.2) is 72.8 Å². The molecular formula is C31H43Cl4FN4O. The number of nitrogens with one attached hydrogen (secondary N) is 1. The van der Waals surface area contributed by atoms with Gasteiger partial charge in [-0.2, -0.15) is 0 Å². The largest absolute Gasteiger partial charge is 0.508 e. The summed E-state index contributed by atoms with van der Waals surface area (Å²) in [6.45, 7) is 8.22. The number of rotatable bonds is 8. The van der Waals surface area contributed by atoms with Gasteiger partial charge in [-0.25, -0.2) is 4.39 Å². The molecular weight excluding hydrogens is 605 g/mol. The van der Waals surface area contributed by atoms with Crippen molar-refractivity contribution in [3.8, 4) is 5.75 Å². The van der Waals surface area contributed by atoms with Crippen LogP contribution in [0.3, 0.4) is 0 Å².